The summed E-state index contributed by atoms with van der Waals surface area (Å²) in [6, 6.07) is 0.408. The van der Waals surface area contributed by atoms with Crippen LogP contribution < -0.4 is 5.32 Å². The molecule has 0 spiro atoms. The molecule has 1 aromatic heterocycles. The van der Waals surface area contributed by atoms with Crippen LogP contribution in [0.15, 0.2) is 0 Å². The van der Waals surface area contributed by atoms with Gasteiger partial charge < -0.3 is 10.1 Å². The topological polar surface area (TPSA) is 39.1 Å². The Morgan fingerprint density at radius 3 is 2.61 bits per heavy atom. The SMILES string of the molecule is CCOCCCn1nc(C)c(C(CC)NC)c1C. The second-order valence-corrected chi connectivity index (χ2v) is 4.61. The number of hydrogen-bond acceptors (Lipinski definition) is 3. The van der Waals surface area contributed by atoms with Gasteiger partial charge in [0.25, 0.3) is 0 Å². The van der Waals surface area contributed by atoms with Crippen LogP contribution in [-0.4, -0.2) is 30.0 Å². The lowest BCUT2D eigenvalue weighted by molar-refractivity contribution is 0.140. The number of rotatable bonds is 8. The molecule has 0 saturated carbocycles. The van der Waals surface area contributed by atoms with Gasteiger partial charge in [0.2, 0.25) is 0 Å². The Balaban J connectivity index is 2.74. The molecule has 4 nitrogen and oxygen atoms in total. The lowest BCUT2D eigenvalue weighted by atomic mass is 10.0. The highest BCUT2D eigenvalue weighted by atomic mass is 16.5. The zero-order valence-electron chi connectivity index (χ0n) is 12.4. The van der Waals surface area contributed by atoms with Crippen molar-refractivity contribution in [2.75, 3.05) is 20.3 Å². The van der Waals surface area contributed by atoms with Gasteiger partial charge in [-0.3, -0.25) is 4.68 Å². The Hall–Kier alpha value is -0.870. The lowest BCUT2D eigenvalue weighted by Gasteiger charge is -2.14. The summed E-state index contributed by atoms with van der Waals surface area (Å²) in [4.78, 5) is 0. The Morgan fingerprint density at radius 1 is 1.33 bits per heavy atom. The third kappa shape index (κ3) is 3.56. The first-order valence-corrected chi connectivity index (χ1v) is 6.94. The fourth-order valence-corrected chi connectivity index (χ4v) is 2.45. The van der Waals surface area contributed by atoms with Crippen LogP contribution in [0.3, 0.4) is 0 Å². The smallest absolute Gasteiger partial charge is 0.0644 e. The van der Waals surface area contributed by atoms with Gasteiger partial charge in [0.05, 0.1) is 5.69 Å². The molecular weight excluding hydrogens is 226 g/mol. The molecule has 0 aromatic carbocycles. The minimum Gasteiger partial charge on any atom is -0.382 e. The number of nitrogens with zero attached hydrogens (tertiary/aromatic N) is 2. The van der Waals surface area contributed by atoms with E-state index in [4.69, 9.17) is 4.74 Å². The maximum absolute atomic E-state index is 5.37. The lowest BCUT2D eigenvalue weighted by Crippen LogP contribution is -2.17. The van der Waals surface area contributed by atoms with Crippen molar-refractivity contribution >= 4 is 0 Å². The van der Waals surface area contributed by atoms with Gasteiger partial charge >= 0.3 is 0 Å². The Kier molecular flexibility index (Phi) is 6.36. The molecule has 1 atom stereocenters. The van der Waals surface area contributed by atoms with Crippen molar-refractivity contribution < 1.29 is 4.74 Å². The van der Waals surface area contributed by atoms with Crippen LogP contribution in [0.4, 0.5) is 0 Å². The summed E-state index contributed by atoms with van der Waals surface area (Å²) in [7, 11) is 2.01. The van der Waals surface area contributed by atoms with E-state index in [1.807, 2.05) is 14.0 Å². The summed E-state index contributed by atoms with van der Waals surface area (Å²) >= 11 is 0. The monoisotopic (exact) mass is 253 g/mol. The van der Waals surface area contributed by atoms with Crippen molar-refractivity contribution in [3.63, 3.8) is 0 Å². The minimum atomic E-state index is 0.408. The van der Waals surface area contributed by atoms with Crippen molar-refractivity contribution in [1.82, 2.24) is 15.1 Å². The Labute approximate surface area is 111 Å². The molecular formula is C14H27N3O. The summed E-state index contributed by atoms with van der Waals surface area (Å²) in [6.45, 7) is 11.0. The van der Waals surface area contributed by atoms with Gasteiger partial charge in [0.1, 0.15) is 0 Å². The van der Waals surface area contributed by atoms with Crippen molar-refractivity contribution in [1.29, 1.82) is 0 Å². The molecule has 104 valence electrons. The van der Waals surface area contributed by atoms with Gasteiger partial charge in [-0.2, -0.15) is 5.10 Å². The quantitative estimate of drug-likeness (QED) is 0.724. The fourth-order valence-electron chi connectivity index (χ4n) is 2.45. The molecule has 0 fully saturated rings. The minimum absolute atomic E-state index is 0.408. The second-order valence-electron chi connectivity index (χ2n) is 4.61. The van der Waals surface area contributed by atoms with Crippen molar-refractivity contribution in [2.24, 2.45) is 0 Å². The number of ether oxygens (including phenoxy) is 1. The molecule has 0 saturated heterocycles. The van der Waals surface area contributed by atoms with E-state index in [0.717, 1.165) is 38.3 Å². The molecule has 1 N–H and O–H groups in total. The van der Waals surface area contributed by atoms with E-state index in [0.29, 0.717) is 6.04 Å². The fraction of sp³-hybridized carbons (Fsp3) is 0.786. The van der Waals surface area contributed by atoms with Crippen LogP contribution in [0, 0.1) is 13.8 Å². The van der Waals surface area contributed by atoms with Gasteiger partial charge in [0.15, 0.2) is 0 Å². The van der Waals surface area contributed by atoms with E-state index in [1.165, 1.54) is 11.3 Å². The van der Waals surface area contributed by atoms with Crippen LogP contribution in [0.1, 0.15) is 49.7 Å². The maximum atomic E-state index is 5.37. The van der Waals surface area contributed by atoms with E-state index in [-0.39, 0.29) is 0 Å². The predicted octanol–water partition coefficient (Wildman–Crippen LogP) is 2.60. The summed E-state index contributed by atoms with van der Waals surface area (Å²) in [5, 5.41) is 8.01. The summed E-state index contributed by atoms with van der Waals surface area (Å²) in [6.07, 6.45) is 2.11. The summed E-state index contributed by atoms with van der Waals surface area (Å²) in [5.74, 6) is 0. The molecule has 1 unspecified atom stereocenters. The first-order valence-electron chi connectivity index (χ1n) is 6.94. The van der Waals surface area contributed by atoms with Gasteiger partial charge in [-0.25, -0.2) is 0 Å². The number of aryl methyl sites for hydroxylation is 2. The van der Waals surface area contributed by atoms with Crippen LogP contribution in [0.5, 0.6) is 0 Å². The second kappa shape index (κ2) is 7.54. The number of aromatic nitrogens is 2. The highest BCUT2D eigenvalue weighted by Crippen LogP contribution is 2.23. The van der Waals surface area contributed by atoms with Gasteiger partial charge in [-0.1, -0.05) is 6.92 Å². The third-order valence-corrected chi connectivity index (χ3v) is 3.41. The Morgan fingerprint density at radius 2 is 2.06 bits per heavy atom. The van der Waals surface area contributed by atoms with E-state index in [1.54, 1.807) is 0 Å². The highest BCUT2D eigenvalue weighted by molar-refractivity contribution is 5.28. The molecule has 0 amide bonds. The zero-order chi connectivity index (χ0) is 13.5. The molecule has 1 rings (SSSR count). The van der Waals surface area contributed by atoms with Gasteiger partial charge in [-0.05, 0) is 40.7 Å². The zero-order valence-corrected chi connectivity index (χ0v) is 12.4. The summed E-state index contributed by atoms with van der Waals surface area (Å²) < 4.78 is 7.48. The molecule has 18 heavy (non-hydrogen) atoms. The van der Waals surface area contributed by atoms with Crippen LogP contribution in [0.2, 0.25) is 0 Å². The molecule has 0 aliphatic heterocycles. The molecule has 4 heteroatoms. The molecule has 1 heterocycles. The third-order valence-electron chi connectivity index (χ3n) is 3.41. The van der Waals surface area contributed by atoms with Gasteiger partial charge in [0, 0.05) is 37.1 Å². The maximum Gasteiger partial charge on any atom is 0.0644 e. The van der Waals surface area contributed by atoms with Crippen LogP contribution in [-0.2, 0) is 11.3 Å². The number of nitrogens with one attached hydrogen (secondary N) is 1. The molecule has 0 aliphatic carbocycles. The molecule has 0 bridgehead atoms. The van der Waals surface area contributed by atoms with Crippen LogP contribution in [0.25, 0.3) is 0 Å². The average Bonchev–Trinajstić information content (AvgIpc) is 2.64. The Bertz CT molecular complexity index is 356. The number of hydrogen-bond donors (Lipinski definition) is 1. The van der Waals surface area contributed by atoms with E-state index < -0.39 is 0 Å². The molecule has 0 radical (unpaired) electrons. The largest absolute Gasteiger partial charge is 0.382 e. The highest BCUT2D eigenvalue weighted by Gasteiger charge is 2.17. The predicted molar refractivity (Wildman–Crippen MR) is 74.9 cm³/mol. The first-order chi connectivity index (χ1) is 8.65. The van der Waals surface area contributed by atoms with Crippen LogP contribution >= 0.6 is 0 Å². The van der Waals surface area contributed by atoms with E-state index >= 15 is 0 Å². The standard InChI is InChI=1S/C14H27N3O/c1-6-13(15-5)14-11(3)16-17(12(14)4)9-8-10-18-7-2/h13,15H,6-10H2,1-5H3. The van der Waals surface area contributed by atoms with Crippen molar-refractivity contribution in [3.05, 3.63) is 17.0 Å². The molecule has 0 aliphatic rings. The summed E-state index contributed by atoms with van der Waals surface area (Å²) in [5.41, 5.74) is 3.78. The van der Waals surface area contributed by atoms with Crippen molar-refractivity contribution in [2.45, 2.75) is 53.1 Å². The average molecular weight is 253 g/mol. The normalized spacial score (nSPS) is 12.9. The molecule has 1 aromatic rings. The van der Waals surface area contributed by atoms with Gasteiger partial charge in [-0.15, -0.1) is 0 Å². The van der Waals surface area contributed by atoms with Crippen molar-refractivity contribution in [3.8, 4) is 0 Å². The van der Waals surface area contributed by atoms with E-state index in [9.17, 15) is 0 Å². The van der Waals surface area contributed by atoms with E-state index in [2.05, 4.69) is 35.9 Å². The first kappa shape index (κ1) is 15.2.